The number of nitrogens with two attached hydrogens (primary N) is 2. The van der Waals surface area contributed by atoms with Crippen LogP contribution in [0.3, 0.4) is 0 Å². The molecule has 0 aromatic heterocycles. The Morgan fingerprint density at radius 1 is 1.44 bits per heavy atom. The first-order chi connectivity index (χ1) is 7.02. The molecule has 5 N–H and O–H groups in total. The number of alkyl halides is 3. The molecule has 0 heterocycles. The maximum Gasteiger partial charge on any atom is 0.522 e. The SMILES string of the molecule is COCCN=C(N)N.O=S(=O)(O)C(F)(F)F. The fraction of sp³-hybridized carbons (Fsp3) is 0.800. The van der Waals surface area contributed by atoms with Crippen molar-refractivity contribution in [1.82, 2.24) is 0 Å². The zero-order chi connectivity index (χ0) is 13.4. The van der Waals surface area contributed by atoms with Crippen molar-refractivity contribution < 1.29 is 30.9 Å². The molecule has 0 fully saturated rings. The van der Waals surface area contributed by atoms with Gasteiger partial charge in [-0.25, -0.2) is 0 Å². The molecule has 7 nitrogen and oxygen atoms in total. The van der Waals surface area contributed by atoms with Crippen LogP contribution in [-0.4, -0.2) is 44.7 Å². The zero-order valence-electron chi connectivity index (χ0n) is 8.23. The molecule has 0 radical (unpaired) electrons. The van der Waals surface area contributed by atoms with Gasteiger partial charge in [0.1, 0.15) is 0 Å². The lowest BCUT2D eigenvalue weighted by molar-refractivity contribution is -0.0510. The maximum atomic E-state index is 10.7. The van der Waals surface area contributed by atoms with E-state index in [0.717, 1.165) is 0 Å². The number of aliphatic imine (C=N–C) groups is 1. The van der Waals surface area contributed by atoms with Gasteiger partial charge in [0.25, 0.3) is 0 Å². The second kappa shape index (κ2) is 7.24. The molecule has 0 aliphatic heterocycles. The molecule has 0 aliphatic carbocycles. The van der Waals surface area contributed by atoms with E-state index >= 15 is 0 Å². The lowest BCUT2D eigenvalue weighted by Crippen LogP contribution is -2.23. The van der Waals surface area contributed by atoms with Crippen molar-refractivity contribution >= 4 is 16.1 Å². The van der Waals surface area contributed by atoms with Gasteiger partial charge in [0, 0.05) is 7.11 Å². The molecule has 0 saturated heterocycles. The number of methoxy groups -OCH3 is 1. The molecule has 11 heteroatoms. The van der Waals surface area contributed by atoms with Crippen LogP contribution in [0, 0.1) is 0 Å². The highest BCUT2D eigenvalue weighted by Gasteiger charge is 2.44. The summed E-state index contributed by atoms with van der Waals surface area (Å²) in [5, 5.41) is 0. The second-order valence-electron chi connectivity index (χ2n) is 2.22. The largest absolute Gasteiger partial charge is 0.522 e. The fourth-order valence-corrected chi connectivity index (χ4v) is 0.266. The van der Waals surface area contributed by atoms with Gasteiger partial charge in [0.15, 0.2) is 5.96 Å². The summed E-state index contributed by atoms with van der Waals surface area (Å²) >= 11 is 0. The second-order valence-corrected chi connectivity index (χ2v) is 3.63. The summed E-state index contributed by atoms with van der Waals surface area (Å²) in [5.41, 5.74) is 4.48. The summed E-state index contributed by atoms with van der Waals surface area (Å²) in [7, 11) is -4.24. The molecule has 0 aromatic rings. The van der Waals surface area contributed by atoms with Gasteiger partial charge in [-0.05, 0) is 0 Å². The number of ether oxygens (including phenoxy) is 1. The van der Waals surface area contributed by atoms with E-state index in [1.54, 1.807) is 7.11 Å². The molecule has 0 spiro atoms. The molecule has 0 atom stereocenters. The molecule has 0 aliphatic rings. The Bertz CT molecular complexity index is 309. The first kappa shape index (κ1) is 17.3. The smallest absolute Gasteiger partial charge is 0.383 e. The molecule has 0 rings (SSSR count). The minimum Gasteiger partial charge on any atom is -0.383 e. The first-order valence-corrected chi connectivity index (χ1v) is 5.04. The molecular weight excluding hydrogens is 255 g/mol. The van der Waals surface area contributed by atoms with Crippen LogP contribution in [0.4, 0.5) is 13.2 Å². The van der Waals surface area contributed by atoms with Gasteiger partial charge in [-0.1, -0.05) is 0 Å². The van der Waals surface area contributed by atoms with Crippen molar-refractivity contribution in [3.05, 3.63) is 0 Å². The monoisotopic (exact) mass is 267 g/mol. The van der Waals surface area contributed by atoms with Crippen LogP contribution in [0.2, 0.25) is 0 Å². The number of hydrogen-bond acceptors (Lipinski definition) is 4. The highest BCUT2D eigenvalue weighted by Crippen LogP contribution is 2.20. The summed E-state index contributed by atoms with van der Waals surface area (Å²) in [5.74, 6) is 0.113. The van der Waals surface area contributed by atoms with E-state index in [2.05, 4.69) is 9.73 Å². The van der Waals surface area contributed by atoms with E-state index in [4.69, 9.17) is 24.4 Å². The molecule has 16 heavy (non-hydrogen) atoms. The van der Waals surface area contributed by atoms with Crippen LogP contribution >= 0.6 is 0 Å². The van der Waals surface area contributed by atoms with Crippen LogP contribution in [-0.2, 0) is 14.9 Å². The van der Waals surface area contributed by atoms with Crippen molar-refractivity contribution in [2.24, 2.45) is 16.5 Å². The van der Waals surface area contributed by atoms with Crippen molar-refractivity contribution in [3.63, 3.8) is 0 Å². The average Bonchev–Trinajstić information content (AvgIpc) is 2.01. The van der Waals surface area contributed by atoms with Crippen LogP contribution in [0.5, 0.6) is 0 Å². The molecule has 0 saturated carbocycles. The van der Waals surface area contributed by atoms with Crippen molar-refractivity contribution in [1.29, 1.82) is 0 Å². The van der Waals surface area contributed by atoms with Crippen LogP contribution < -0.4 is 11.5 Å². The maximum absolute atomic E-state index is 10.7. The van der Waals surface area contributed by atoms with Gasteiger partial charge >= 0.3 is 15.6 Å². The Hall–Kier alpha value is -1.07. The number of nitrogens with zero attached hydrogens (tertiary/aromatic N) is 1. The summed E-state index contributed by atoms with van der Waals surface area (Å²) in [6.45, 7) is 1.11. The van der Waals surface area contributed by atoms with Gasteiger partial charge in [0.05, 0.1) is 13.2 Å². The van der Waals surface area contributed by atoms with E-state index in [-0.39, 0.29) is 5.96 Å². The minimum absolute atomic E-state index is 0.113. The lowest BCUT2D eigenvalue weighted by Gasteiger charge is -1.97. The highest BCUT2D eigenvalue weighted by atomic mass is 32.2. The van der Waals surface area contributed by atoms with E-state index < -0.39 is 15.6 Å². The number of halogens is 3. The van der Waals surface area contributed by atoms with Crippen LogP contribution in [0.1, 0.15) is 0 Å². The van der Waals surface area contributed by atoms with Crippen LogP contribution in [0.25, 0.3) is 0 Å². The van der Waals surface area contributed by atoms with E-state index in [0.29, 0.717) is 13.2 Å². The molecule has 0 bridgehead atoms. The predicted octanol–water partition coefficient (Wildman–Crippen LogP) is -0.700. The van der Waals surface area contributed by atoms with E-state index in [1.165, 1.54) is 0 Å². The third-order valence-corrected chi connectivity index (χ3v) is 1.47. The molecular formula is C5H12F3N3O4S. The summed E-state index contributed by atoms with van der Waals surface area (Å²) < 4.78 is 62.2. The Kier molecular flexibility index (Phi) is 7.85. The Labute approximate surface area is 90.0 Å². The van der Waals surface area contributed by atoms with E-state index in [9.17, 15) is 13.2 Å². The first-order valence-electron chi connectivity index (χ1n) is 3.60. The summed E-state index contributed by atoms with van der Waals surface area (Å²) in [6, 6.07) is 0. The molecule has 0 aromatic carbocycles. The summed E-state index contributed by atoms with van der Waals surface area (Å²) in [4.78, 5) is 3.66. The quantitative estimate of drug-likeness (QED) is 0.204. The number of rotatable bonds is 3. The van der Waals surface area contributed by atoms with Gasteiger partial charge in [-0.2, -0.15) is 21.6 Å². The van der Waals surface area contributed by atoms with Crippen LogP contribution in [0.15, 0.2) is 4.99 Å². The standard InChI is InChI=1S/C4H11N3O.CHF3O3S/c1-8-3-2-7-4(5)6;2-1(3,4)8(5,6)7/h2-3H2,1H3,(H4,5,6,7);(H,5,6,7). The predicted molar refractivity (Wildman–Crippen MR) is 50.2 cm³/mol. The molecule has 0 amide bonds. The third kappa shape index (κ3) is 11.0. The topological polar surface area (TPSA) is 128 Å². The van der Waals surface area contributed by atoms with Gasteiger partial charge < -0.3 is 16.2 Å². The molecule has 98 valence electrons. The fourth-order valence-electron chi connectivity index (χ4n) is 0.266. The summed E-state index contributed by atoms with van der Waals surface area (Å²) in [6.07, 6.45) is 0. The highest BCUT2D eigenvalue weighted by molar-refractivity contribution is 7.86. The zero-order valence-corrected chi connectivity index (χ0v) is 9.05. The lowest BCUT2D eigenvalue weighted by atomic mass is 10.7. The Morgan fingerprint density at radius 2 is 1.81 bits per heavy atom. The number of guanidine groups is 1. The minimum atomic E-state index is -5.84. The van der Waals surface area contributed by atoms with Crippen molar-refractivity contribution in [2.45, 2.75) is 5.51 Å². The van der Waals surface area contributed by atoms with Gasteiger partial charge in [0.2, 0.25) is 0 Å². The van der Waals surface area contributed by atoms with Crippen molar-refractivity contribution in [2.75, 3.05) is 20.3 Å². The number of hydrogen-bond donors (Lipinski definition) is 3. The van der Waals surface area contributed by atoms with Gasteiger partial charge in [-0.3, -0.25) is 9.55 Å². The Balaban J connectivity index is 0. The average molecular weight is 267 g/mol. The molecule has 0 unspecified atom stereocenters. The van der Waals surface area contributed by atoms with Gasteiger partial charge in [-0.15, -0.1) is 0 Å². The van der Waals surface area contributed by atoms with Crippen molar-refractivity contribution in [3.8, 4) is 0 Å². The Morgan fingerprint density at radius 3 is 2.00 bits per heavy atom. The van der Waals surface area contributed by atoms with E-state index in [1.807, 2.05) is 0 Å². The third-order valence-electron chi connectivity index (χ3n) is 0.882. The normalized spacial score (nSPS) is 11.3.